The fourth-order valence-electron chi connectivity index (χ4n) is 3.09. The van der Waals surface area contributed by atoms with Crippen molar-refractivity contribution in [3.8, 4) is 11.5 Å². The van der Waals surface area contributed by atoms with Crippen LogP contribution >= 0.6 is 0 Å². The van der Waals surface area contributed by atoms with E-state index < -0.39 is 11.9 Å². The molecule has 7 heteroatoms. The molecule has 160 valence electrons. The molecule has 0 amide bonds. The molecule has 0 aromatic heterocycles. The normalized spacial score (nSPS) is 14.2. The number of hydrogen-bond donors (Lipinski definition) is 1. The molecule has 7 nitrogen and oxygen atoms in total. The molecule has 2 aromatic rings. The highest BCUT2D eigenvalue weighted by Gasteiger charge is 2.22. The van der Waals surface area contributed by atoms with Crippen molar-refractivity contribution < 1.29 is 29.0 Å². The number of aromatic carboxylic acids is 1. The van der Waals surface area contributed by atoms with Crippen LogP contribution in [0, 0.1) is 0 Å². The van der Waals surface area contributed by atoms with Gasteiger partial charge in [-0.05, 0) is 61.7 Å². The Morgan fingerprint density at radius 1 is 1.23 bits per heavy atom. The van der Waals surface area contributed by atoms with Gasteiger partial charge in [0.05, 0.1) is 23.5 Å². The van der Waals surface area contributed by atoms with E-state index in [1.54, 1.807) is 37.3 Å². The van der Waals surface area contributed by atoms with Crippen molar-refractivity contribution in [2.24, 2.45) is 5.16 Å². The molecule has 0 bridgehead atoms. The summed E-state index contributed by atoms with van der Waals surface area (Å²) < 4.78 is 11.9. The molecule has 0 fully saturated rings. The standard InChI is InChI=1S/C24H23NO6/c1-4-6-19-11-17(12-20-15(3)25-31-24(20)28)13-21(29-5-2)22(19)30-14-16-7-9-18(10-8-16)23(26)27/h4,7-13H,1,5-6,14H2,2-3H3,(H,26,27)/b20-12-. The molecule has 0 spiro atoms. The summed E-state index contributed by atoms with van der Waals surface area (Å²) in [7, 11) is 0. The zero-order valence-corrected chi connectivity index (χ0v) is 17.4. The van der Waals surface area contributed by atoms with Crippen LogP contribution in [0.2, 0.25) is 0 Å². The molecule has 1 aliphatic heterocycles. The number of allylic oxidation sites excluding steroid dienone is 1. The van der Waals surface area contributed by atoms with Gasteiger partial charge in [-0.3, -0.25) is 0 Å². The fourth-order valence-corrected chi connectivity index (χ4v) is 3.09. The number of hydrogen-bond acceptors (Lipinski definition) is 6. The highest BCUT2D eigenvalue weighted by molar-refractivity contribution is 6.24. The fraction of sp³-hybridized carbons (Fsp3) is 0.208. The number of carbonyl (C=O) groups is 2. The predicted molar refractivity (Wildman–Crippen MR) is 116 cm³/mol. The van der Waals surface area contributed by atoms with Crippen molar-refractivity contribution in [1.82, 2.24) is 0 Å². The Morgan fingerprint density at radius 3 is 2.55 bits per heavy atom. The van der Waals surface area contributed by atoms with Gasteiger partial charge >= 0.3 is 11.9 Å². The summed E-state index contributed by atoms with van der Waals surface area (Å²) in [5.74, 6) is -0.358. The maximum atomic E-state index is 11.9. The first-order chi connectivity index (χ1) is 14.9. The summed E-state index contributed by atoms with van der Waals surface area (Å²) in [6.07, 6.45) is 3.99. The van der Waals surface area contributed by atoms with E-state index in [0.29, 0.717) is 35.8 Å². The van der Waals surface area contributed by atoms with Crippen LogP contribution in [0.5, 0.6) is 11.5 Å². The van der Waals surface area contributed by atoms with Crippen LogP contribution in [0.4, 0.5) is 0 Å². The van der Waals surface area contributed by atoms with E-state index in [9.17, 15) is 9.59 Å². The van der Waals surface area contributed by atoms with E-state index >= 15 is 0 Å². The first kappa shape index (κ1) is 21.8. The maximum absolute atomic E-state index is 11.9. The second-order valence-corrected chi connectivity index (χ2v) is 6.84. The van der Waals surface area contributed by atoms with Gasteiger partial charge in [-0.25, -0.2) is 9.59 Å². The third-order valence-electron chi connectivity index (χ3n) is 4.59. The summed E-state index contributed by atoms with van der Waals surface area (Å²) in [5.41, 5.74) is 3.53. The van der Waals surface area contributed by atoms with E-state index in [-0.39, 0.29) is 12.2 Å². The van der Waals surface area contributed by atoms with E-state index in [0.717, 1.165) is 16.7 Å². The van der Waals surface area contributed by atoms with Crippen molar-refractivity contribution in [2.75, 3.05) is 6.61 Å². The first-order valence-corrected chi connectivity index (χ1v) is 9.76. The Bertz CT molecular complexity index is 1070. The zero-order valence-electron chi connectivity index (χ0n) is 17.4. The van der Waals surface area contributed by atoms with Gasteiger partial charge < -0.3 is 19.4 Å². The van der Waals surface area contributed by atoms with E-state index in [4.69, 9.17) is 19.4 Å². The van der Waals surface area contributed by atoms with Gasteiger partial charge in [0.15, 0.2) is 11.5 Å². The Balaban J connectivity index is 1.93. The highest BCUT2D eigenvalue weighted by atomic mass is 16.7. The molecule has 31 heavy (non-hydrogen) atoms. The second-order valence-electron chi connectivity index (χ2n) is 6.84. The molecule has 0 aliphatic carbocycles. The summed E-state index contributed by atoms with van der Waals surface area (Å²) in [4.78, 5) is 27.6. The maximum Gasteiger partial charge on any atom is 0.367 e. The lowest BCUT2D eigenvalue weighted by Gasteiger charge is -2.17. The Morgan fingerprint density at radius 2 is 1.97 bits per heavy atom. The quantitative estimate of drug-likeness (QED) is 0.366. The summed E-state index contributed by atoms with van der Waals surface area (Å²) in [5, 5.41) is 12.7. The number of benzene rings is 2. The van der Waals surface area contributed by atoms with Crippen LogP contribution in [0.15, 0.2) is 59.8 Å². The average molecular weight is 421 g/mol. The minimum atomic E-state index is -0.976. The van der Waals surface area contributed by atoms with E-state index in [1.807, 2.05) is 13.0 Å². The van der Waals surface area contributed by atoms with Crippen molar-refractivity contribution in [3.05, 3.63) is 76.9 Å². The Labute approximate surface area is 180 Å². The molecule has 3 rings (SSSR count). The second kappa shape index (κ2) is 9.75. The highest BCUT2D eigenvalue weighted by Crippen LogP contribution is 2.35. The average Bonchev–Trinajstić information content (AvgIpc) is 3.06. The van der Waals surface area contributed by atoms with Gasteiger partial charge in [-0.2, -0.15) is 0 Å². The third-order valence-corrected chi connectivity index (χ3v) is 4.59. The molecule has 0 saturated carbocycles. The molecular weight excluding hydrogens is 398 g/mol. The number of oxime groups is 1. The van der Waals surface area contributed by atoms with Crippen molar-refractivity contribution in [2.45, 2.75) is 26.9 Å². The van der Waals surface area contributed by atoms with Crippen molar-refractivity contribution in [1.29, 1.82) is 0 Å². The lowest BCUT2D eigenvalue weighted by Crippen LogP contribution is -2.05. The monoisotopic (exact) mass is 421 g/mol. The van der Waals surface area contributed by atoms with E-state index in [2.05, 4.69) is 11.7 Å². The largest absolute Gasteiger partial charge is 0.490 e. The van der Waals surface area contributed by atoms with Crippen LogP contribution in [0.25, 0.3) is 6.08 Å². The van der Waals surface area contributed by atoms with Crippen LogP contribution in [0.1, 0.15) is 40.9 Å². The predicted octanol–water partition coefficient (Wildman–Crippen LogP) is 4.41. The van der Waals surface area contributed by atoms with Crippen LogP contribution in [-0.2, 0) is 22.7 Å². The van der Waals surface area contributed by atoms with Gasteiger partial charge in [0.25, 0.3) is 0 Å². The zero-order chi connectivity index (χ0) is 22.4. The molecule has 2 aromatic carbocycles. The van der Waals surface area contributed by atoms with Gasteiger partial charge in [0, 0.05) is 5.56 Å². The third kappa shape index (κ3) is 5.19. The topological polar surface area (TPSA) is 94.4 Å². The summed E-state index contributed by atoms with van der Waals surface area (Å²) >= 11 is 0. The number of rotatable bonds is 9. The molecule has 0 saturated heterocycles. The number of nitrogens with zero attached hydrogens (tertiary/aromatic N) is 1. The molecular formula is C24H23NO6. The lowest BCUT2D eigenvalue weighted by atomic mass is 10.0. The minimum absolute atomic E-state index is 0.216. The smallest absolute Gasteiger partial charge is 0.367 e. The van der Waals surface area contributed by atoms with Gasteiger partial charge in [-0.1, -0.05) is 23.4 Å². The van der Waals surface area contributed by atoms with E-state index in [1.165, 1.54) is 12.1 Å². The minimum Gasteiger partial charge on any atom is -0.490 e. The lowest BCUT2D eigenvalue weighted by molar-refractivity contribution is -0.136. The van der Waals surface area contributed by atoms with Crippen molar-refractivity contribution in [3.63, 3.8) is 0 Å². The number of ether oxygens (including phenoxy) is 2. The molecule has 0 radical (unpaired) electrons. The molecule has 1 N–H and O–H groups in total. The van der Waals surface area contributed by atoms with Crippen LogP contribution in [0.3, 0.4) is 0 Å². The number of carbonyl (C=O) groups excluding carboxylic acids is 1. The molecule has 1 aliphatic rings. The van der Waals surface area contributed by atoms with Gasteiger partial charge in [0.1, 0.15) is 6.61 Å². The number of carboxylic acid groups (broad SMARTS) is 1. The van der Waals surface area contributed by atoms with Gasteiger partial charge in [-0.15, -0.1) is 6.58 Å². The Hall–Kier alpha value is -3.87. The molecule has 0 unspecified atom stereocenters. The molecule has 1 heterocycles. The van der Waals surface area contributed by atoms with Crippen molar-refractivity contribution >= 4 is 23.7 Å². The summed E-state index contributed by atoms with van der Waals surface area (Å²) in [6, 6.07) is 10.2. The summed E-state index contributed by atoms with van der Waals surface area (Å²) in [6.45, 7) is 8.06. The SMILES string of the molecule is C=CCc1cc(/C=C2\C(=O)ON=C2C)cc(OCC)c1OCc1ccc(C(=O)O)cc1. The molecule has 0 atom stereocenters. The first-order valence-electron chi connectivity index (χ1n) is 9.76. The Kier molecular flexibility index (Phi) is 6.87. The van der Waals surface area contributed by atoms with Crippen LogP contribution in [-0.4, -0.2) is 29.4 Å². The number of carboxylic acids is 1. The van der Waals surface area contributed by atoms with Crippen LogP contribution < -0.4 is 9.47 Å². The van der Waals surface area contributed by atoms with Gasteiger partial charge in [0.2, 0.25) is 0 Å².